The Morgan fingerprint density at radius 3 is 2.82 bits per heavy atom. The lowest BCUT2D eigenvalue weighted by Gasteiger charge is -2.18. The molecule has 1 aromatic carbocycles. The highest BCUT2D eigenvalue weighted by molar-refractivity contribution is 7.80. The molecule has 0 heterocycles. The van der Waals surface area contributed by atoms with Crippen molar-refractivity contribution in [2.45, 2.75) is 6.92 Å². The highest BCUT2D eigenvalue weighted by Gasteiger charge is 2.09. The van der Waals surface area contributed by atoms with Crippen LogP contribution in [-0.4, -0.2) is 17.7 Å². The minimum atomic E-state index is -0.153. The number of anilines is 2. The number of rotatable bonds is 3. The summed E-state index contributed by atoms with van der Waals surface area (Å²) in [4.78, 5) is 10.9. The van der Waals surface area contributed by atoms with Crippen LogP contribution in [0.15, 0.2) is 29.4 Å². The first kappa shape index (κ1) is 13.1. The number of hydrogen-bond acceptors (Lipinski definition) is 4. The second kappa shape index (κ2) is 5.92. The average molecular weight is 251 g/mol. The Kier molecular flexibility index (Phi) is 4.56. The van der Waals surface area contributed by atoms with E-state index in [1.807, 2.05) is 0 Å². The first-order chi connectivity index (χ1) is 8.08. The van der Waals surface area contributed by atoms with Crippen molar-refractivity contribution < 1.29 is 4.79 Å². The monoisotopic (exact) mass is 251 g/mol. The third-order valence-electron chi connectivity index (χ3n) is 1.87. The molecule has 6 nitrogen and oxygen atoms in total. The van der Waals surface area contributed by atoms with Crippen LogP contribution in [0, 0.1) is 0 Å². The number of hydrazine groups is 1. The fourth-order valence-corrected chi connectivity index (χ4v) is 1.41. The summed E-state index contributed by atoms with van der Waals surface area (Å²) in [5.41, 5.74) is 3.60. The number of nitrogens with one attached hydrogen (secondary N) is 2. The molecule has 17 heavy (non-hydrogen) atoms. The standard InChI is InChI=1S/C10H13N5OS/c1-7(16)13-8-4-3-5-9(6-8)15(12-2)10(17)14-11/h3-6H,2,11H2,1H3,(H,13,16)(H,14,17). The van der Waals surface area contributed by atoms with Crippen LogP contribution in [0.25, 0.3) is 0 Å². The molecule has 0 spiro atoms. The molecule has 7 heteroatoms. The van der Waals surface area contributed by atoms with Crippen LogP contribution < -0.4 is 21.6 Å². The van der Waals surface area contributed by atoms with Gasteiger partial charge in [0.15, 0.2) is 0 Å². The van der Waals surface area contributed by atoms with Crippen molar-refractivity contribution in [2.75, 3.05) is 10.3 Å². The highest BCUT2D eigenvalue weighted by Crippen LogP contribution is 2.19. The van der Waals surface area contributed by atoms with Crippen LogP contribution in [0.3, 0.4) is 0 Å². The van der Waals surface area contributed by atoms with Crippen LogP contribution in [0.4, 0.5) is 11.4 Å². The summed E-state index contributed by atoms with van der Waals surface area (Å²) >= 11 is 4.96. The number of hydrazone groups is 1. The quantitative estimate of drug-likeness (QED) is 0.320. The SMILES string of the molecule is C=NN(C(=S)NN)c1cccc(NC(C)=O)c1. The lowest BCUT2D eigenvalue weighted by Crippen LogP contribution is -2.40. The minimum absolute atomic E-state index is 0.153. The molecular weight excluding hydrogens is 238 g/mol. The summed E-state index contributed by atoms with van der Waals surface area (Å²) in [7, 11) is 0. The predicted molar refractivity (Wildman–Crippen MR) is 72.7 cm³/mol. The Morgan fingerprint density at radius 2 is 2.29 bits per heavy atom. The lowest BCUT2D eigenvalue weighted by molar-refractivity contribution is -0.114. The Balaban J connectivity index is 3.00. The van der Waals surface area contributed by atoms with Crippen molar-refractivity contribution in [3.63, 3.8) is 0 Å². The van der Waals surface area contributed by atoms with Crippen molar-refractivity contribution in [2.24, 2.45) is 10.9 Å². The fraction of sp³-hybridized carbons (Fsp3) is 0.100. The molecule has 0 bridgehead atoms. The number of carbonyl (C=O) groups is 1. The van der Waals surface area contributed by atoms with E-state index in [0.29, 0.717) is 11.4 Å². The summed E-state index contributed by atoms with van der Waals surface area (Å²) in [5.74, 6) is 5.06. The van der Waals surface area contributed by atoms with E-state index in [1.165, 1.54) is 11.9 Å². The molecule has 0 fully saturated rings. The van der Waals surface area contributed by atoms with Crippen LogP contribution in [-0.2, 0) is 4.79 Å². The number of benzene rings is 1. The molecule has 0 aromatic heterocycles. The zero-order chi connectivity index (χ0) is 12.8. The number of nitrogens with two attached hydrogens (primary N) is 1. The first-order valence-electron chi connectivity index (χ1n) is 4.73. The van der Waals surface area contributed by atoms with E-state index in [1.54, 1.807) is 24.3 Å². The number of carbonyl (C=O) groups excluding carboxylic acids is 1. The molecule has 0 radical (unpaired) electrons. The summed E-state index contributed by atoms with van der Waals surface area (Å²) in [6, 6.07) is 6.99. The Bertz CT molecular complexity index is 448. The minimum Gasteiger partial charge on any atom is -0.326 e. The van der Waals surface area contributed by atoms with E-state index in [9.17, 15) is 4.79 Å². The van der Waals surface area contributed by atoms with Gasteiger partial charge in [-0.15, -0.1) is 0 Å². The second-order valence-electron chi connectivity index (χ2n) is 3.13. The summed E-state index contributed by atoms with van der Waals surface area (Å²) in [6.07, 6.45) is 0. The van der Waals surface area contributed by atoms with E-state index >= 15 is 0 Å². The molecule has 0 saturated carbocycles. The van der Waals surface area contributed by atoms with Gasteiger partial charge in [-0.05, 0) is 30.4 Å². The van der Waals surface area contributed by atoms with Gasteiger partial charge in [0.1, 0.15) is 0 Å². The van der Waals surface area contributed by atoms with E-state index < -0.39 is 0 Å². The Labute approximate surface area is 104 Å². The summed E-state index contributed by atoms with van der Waals surface area (Å²) in [6.45, 7) is 4.84. The number of hydrogen-bond donors (Lipinski definition) is 3. The molecule has 0 aliphatic rings. The average Bonchev–Trinajstić information content (AvgIpc) is 2.29. The molecule has 1 rings (SSSR count). The molecule has 1 aromatic rings. The van der Waals surface area contributed by atoms with Crippen molar-refractivity contribution in [1.29, 1.82) is 0 Å². The third-order valence-corrected chi connectivity index (χ3v) is 2.16. The second-order valence-corrected chi connectivity index (χ2v) is 3.52. The molecule has 4 N–H and O–H groups in total. The van der Waals surface area contributed by atoms with E-state index in [4.69, 9.17) is 18.1 Å². The molecule has 0 atom stereocenters. The van der Waals surface area contributed by atoms with Gasteiger partial charge in [0.05, 0.1) is 5.69 Å². The lowest BCUT2D eigenvalue weighted by atomic mass is 10.2. The Morgan fingerprint density at radius 1 is 1.59 bits per heavy atom. The van der Waals surface area contributed by atoms with Gasteiger partial charge >= 0.3 is 0 Å². The molecular formula is C10H13N5OS. The van der Waals surface area contributed by atoms with Crippen LogP contribution in [0.1, 0.15) is 6.92 Å². The van der Waals surface area contributed by atoms with E-state index in [2.05, 4.69) is 22.6 Å². The molecule has 0 aliphatic carbocycles. The predicted octanol–water partition coefficient (Wildman–Crippen LogP) is 0.815. The van der Waals surface area contributed by atoms with Crippen LogP contribution >= 0.6 is 12.2 Å². The zero-order valence-electron chi connectivity index (χ0n) is 9.30. The fourth-order valence-electron chi connectivity index (χ4n) is 1.24. The highest BCUT2D eigenvalue weighted by atomic mass is 32.1. The van der Waals surface area contributed by atoms with E-state index in [0.717, 1.165) is 0 Å². The van der Waals surface area contributed by atoms with Gasteiger partial charge in [0.25, 0.3) is 0 Å². The maximum absolute atomic E-state index is 10.9. The maximum Gasteiger partial charge on any atom is 0.221 e. The van der Waals surface area contributed by atoms with Crippen molar-refractivity contribution in [1.82, 2.24) is 5.43 Å². The maximum atomic E-state index is 10.9. The van der Waals surface area contributed by atoms with Crippen LogP contribution in [0.5, 0.6) is 0 Å². The first-order valence-corrected chi connectivity index (χ1v) is 5.14. The van der Waals surface area contributed by atoms with Crippen molar-refractivity contribution in [3.8, 4) is 0 Å². The molecule has 0 saturated heterocycles. The van der Waals surface area contributed by atoms with Gasteiger partial charge in [0, 0.05) is 19.3 Å². The number of thiocarbonyl (C=S) groups is 1. The van der Waals surface area contributed by atoms with Gasteiger partial charge in [-0.1, -0.05) is 6.07 Å². The van der Waals surface area contributed by atoms with Gasteiger partial charge in [-0.3, -0.25) is 10.2 Å². The van der Waals surface area contributed by atoms with Gasteiger partial charge in [0.2, 0.25) is 11.0 Å². The van der Waals surface area contributed by atoms with Gasteiger partial charge < -0.3 is 5.32 Å². The van der Waals surface area contributed by atoms with Crippen molar-refractivity contribution in [3.05, 3.63) is 24.3 Å². The van der Waals surface area contributed by atoms with E-state index in [-0.39, 0.29) is 11.0 Å². The molecule has 0 aliphatic heterocycles. The summed E-state index contributed by atoms with van der Waals surface area (Å²) in [5, 5.41) is 7.95. The molecule has 1 amide bonds. The number of nitrogens with zero attached hydrogens (tertiary/aromatic N) is 2. The Hall–Kier alpha value is -1.99. The smallest absolute Gasteiger partial charge is 0.221 e. The van der Waals surface area contributed by atoms with Gasteiger partial charge in [-0.25, -0.2) is 10.9 Å². The number of amides is 1. The molecule has 90 valence electrons. The van der Waals surface area contributed by atoms with Gasteiger partial charge in [-0.2, -0.15) is 5.10 Å². The zero-order valence-corrected chi connectivity index (χ0v) is 10.1. The largest absolute Gasteiger partial charge is 0.326 e. The van der Waals surface area contributed by atoms with Crippen LogP contribution in [0.2, 0.25) is 0 Å². The topological polar surface area (TPSA) is 82.8 Å². The van der Waals surface area contributed by atoms with Crippen molar-refractivity contribution >= 4 is 41.3 Å². The summed E-state index contributed by atoms with van der Waals surface area (Å²) < 4.78 is 0. The molecule has 0 unspecified atom stereocenters. The third kappa shape index (κ3) is 3.51. The normalized spacial score (nSPS) is 9.29.